The maximum absolute atomic E-state index is 11.9. The van der Waals surface area contributed by atoms with Crippen LogP contribution >= 0.6 is 0 Å². The van der Waals surface area contributed by atoms with Crippen LogP contribution in [0, 0.1) is 13.8 Å². The Hall–Kier alpha value is -2.83. The van der Waals surface area contributed by atoms with Gasteiger partial charge in [-0.25, -0.2) is 4.79 Å². The van der Waals surface area contributed by atoms with Crippen LogP contribution in [0.25, 0.3) is 11.7 Å². The zero-order valence-electron chi connectivity index (χ0n) is 11.5. The quantitative estimate of drug-likeness (QED) is 0.681. The maximum atomic E-state index is 11.9. The van der Waals surface area contributed by atoms with Gasteiger partial charge in [-0.15, -0.1) is 10.2 Å². The van der Waals surface area contributed by atoms with E-state index in [0.717, 1.165) is 0 Å². The fraction of sp³-hybridized carbons (Fsp3) is 0.214. The molecule has 0 amide bonds. The van der Waals surface area contributed by atoms with E-state index in [4.69, 9.17) is 18.0 Å². The summed E-state index contributed by atoms with van der Waals surface area (Å²) in [5.41, 5.74) is 0.387. The first-order valence-electron chi connectivity index (χ1n) is 6.24. The highest BCUT2D eigenvalue weighted by Gasteiger charge is 2.17. The minimum Gasteiger partial charge on any atom is -0.466 e. The lowest BCUT2D eigenvalue weighted by Gasteiger charge is -1.99. The lowest BCUT2D eigenvalue weighted by molar-refractivity contribution is 0.0436. The Morgan fingerprint density at radius 1 is 1.29 bits per heavy atom. The van der Waals surface area contributed by atoms with Crippen LogP contribution in [0.5, 0.6) is 0 Å². The van der Waals surface area contributed by atoms with Crippen molar-refractivity contribution in [3.8, 4) is 11.7 Å². The number of ether oxygens (including phenoxy) is 1. The van der Waals surface area contributed by atoms with E-state index in [2.05, 4.69) is 10.2 Å². The molecule has 0 N–H and O–H groups in total. The van der Waals surface area contributed by atoms with E-state index in [1.807, 2.05) is 0 Å². The second kappa shape index (κ2) is 5.28. The van der Waals surface area contributed by atoms with Crippen LogP contribution in [0.1, 0.15) is 27.8 Å². The van der Waals surface area contributed by atoms with Crippen molar-refractivity contribution in [1.29, 1.82) is 0 Å². The Morgan fingerprint density at radius 2 is 2.14 bits per heavy atom. The largest absolute Gasteiger partial charge is 0.466 e. The molecule has 0 aliphatic carbocycles. The number of nitrogens with zero attached hydrogens (tertiary/aromatic N) is 2. The van der Waals surface area contributed by atoms with Crippen LogP contribution in [-0.4, -0.2) is 16.2 Å². The van der Waals surface area contributed by atoms with Gasteiger partial charge in [0.2, 0.25) is 0 Å². The molecule has 0 aliphatic heterocycles. The highest BCUT2D eigenvalue weighted by Crippen LogP contribution is 2.19. The average molecular weight is 288 g/mol. The van der Waals surface area contributed by atoms with Gasteiger partial charge in [-0.3, -0.25) is 0 Å². The molecule has 0 unspecified atom stereocenters. The Labute approximate surface area is 119 Å². The molecule has 0 aromatic carbocycles. The zero-order chi connectivity index (χ0) is 14.8. The summed E-state index contributed by atoms with van der Waals surface area (Å²) >= 11 is 0. The van der Waals surface area contributed by atoms with E-state index < -0.39 is 5.97 Å². The van der Waals surface area contributed by atoms with Crippen molar-refractivity contribution in [3.05, 3.63) is 47.4 Å². The molecule has 0 radical (unpaired) electrons. The number of aromatic nitrogens is 2. The minimum atomic E-state index is -0.498. The van der Waals surface area contributed by atoms with Crippen molar-refractivity contribution in [2.45, 2.75) is 20.5 Å². The van der Waals surface area contributed by atoms with Gasteiger partial charge in [0, 0.05) is 0 Å². The number of aryl methyl sites for hydroxylation is 2. The Morgan fingerprint density at radius 3 is 2.81 bits per heavy atom. The van der Waals surface area contributed by atoms with Crippen molar-refractivity contribution in [3.63, 3.8) is 0 Å². The molecule has 3 aromatic rings. The Kier molecular flexibility index (Phi) is 3.31. The molecule has 0 bridgehead atoms. The molecule has 0 aliphatic rings. The molecule has 21 heavy (non-hydrogen) atoms. The van der Waals surface area contributed by atoms with Gasteiger partial charge in [0.1, 0.15) is 17.1 Å². The van der Waals surface area contributed by atoms with Gasteiger partial charge in [0.15, 0.2) is 12.4 Å². The van der Waals surface area contributed by atoms with E-state index in [0.29, 0.717) is 22.8 Å². The summed E-state index contributed by atoms with van der Waals surface area (Å²) < 4.78 is 20.9. The van der Waals surface area contributed by atoms with E-state index >= 15 is 0 Å². The molecule has 0 saturated carbocycles. The summed E-state index contributed by atoms with van der Waals surface area (Å²) in [5, 5.41) is 7.60. The molecular weight excluding hydrogens is 276 g/mol. The van der Waals surface area contributed by atoms with Crippen molar-refractivity contribution in [2.75, 3.05) is 0 Å². The number of hydrogen-bond donors (Lipinski definition) is 0. The first-order valence-corrected chi connectivity index (χ1v) is 6.24. The van der Waals surface area contributed by atoms with Crippen LogP contribution in [-0.2, 0) is 11.3 Å². The fourth-order valence-corrected chi connectivity index (χ4v) is 1.85. The number of carbonyl (C=O) groups is 1. The van der Waals surface area contributed by atoms with Gasteiger partial charge in [-0.2, -0.15) is 0 Å². The van der Waals surface area contributed by atoms with Crippen LogP contribution in [0.4, 0.5) is 0 Å². The number of carbonyl (C=O) groups excluding carboxylic acids is 1. The molecule has 0 saturated heterocycles. The second-order valence-electron chi connectivity index (χ2n) is 4.38. The third kappa shape index (κ3) is 2.71. The Balaban J connectivity index is 1.65. The lowest BCUT2D eigenvalue weighted by atomic mass is 10.2. The topological polar surface area (TPSA) is 91.5 Å². The molecule has 3 aromatic heterocycles. The summed E-state index contributed by atoms with van der Waals surface area (Å²) in [6.45, 7) is 3.35. The molecule has 7 heteroatoms. The van der Waals surface area contributed by atoms with Gasteiger partial charge in [0.25, 0.3) is 11.8 Å². The van der Waals surface area contributed by atoms with Gasteiger partial charge >= 0.3 is 5.97 Å². The summed E-state index contributed by atoms with van der Waals surface area (Å²) in [6, 6.07) is 5.03. The van der Waals surface area contributed by atoms with Gasteiger partial charge < -0.3 is 18.0 Å². The SMILES string of the molecule is Cc1cc(C(=O)OCc2nnc(-c3ccco3)o2)c(C)o1. The third-order valence-electron chi connectivity index (χ3n) is 2.79. The van der Waals surface area contributed by atoms with E-state index in [1.54, 1.807) is 32.0 Å². The van der Waals surface area contributed by atoms with Gasteiger partial charge in [-0.05, 0) is 32.0 Å². The van der Waals surface area contributed by atoms with Crippen LogP contribution in [0.15, 0.2) is 37.7 Å². The monoisotopic (exact) mass is 288 g/mol. The lowest BCUT2D eigenvalue weighted by Crippen LogP contribution is -2.05. The third-order valence-corrected chi connectivity index (χ3v) is 2.79. The minimum absolute atomic E-state index is 0.115. The number of rotatable bonds is 4. The predicted molar refractivity (Wildman–Crippen MR) is 69.3 cm³/mol. The number of esters is 1. The standard InChI is InChI=1S/C14H12N2O5/c1-8-6-10(9(2)20-8)14(17)19-7-12-15-16-13(21-12)11-4-3-5-18-11/h3-6H,7H2,1-2H3. The second-order valence-corrected chi connectivity index (χ2v) is 4.38. The molecule has 0 atom stereocenters. The first-order chi connectivity index (χ1) is 10.1. The fourth-order valence-electron chi connectivity index (χ4n) is 1.85. The molecule has 0 spiro atoms. The van der Waals surface area contributed by atoms with Crippen LogP contribution < -0.4 is 0 Å². The highest BCUT2D eigenvalue weighted by atomic mass is 16.5. The normalized spacial score (nSPS) is 10.8. The van der Waals surface area contributed by atoms with Crippen molar-refractivity contribution >= 4 is 5.97 Å². The van der Waals surface area contributed by atoms with Crippen molar-refractivity contribution in [1.82, 2.24) is 10.2 Å². The summed E-state index contributed by atoms with van der Waals surface area (Å²) in [6.07, 6.45) is 1.50. The molecule has 3 heterocycles. The summed E-state index contributed by atoms with van der Waals surface area (Å²) in [4.78, 5) is 11.9. The van der Waals surface area contributed by atoms with Crippen molar-refractivity contribution in [2.24, 2.45) is 0 Å². The molecular formula is C14H12N2O5. The Bertz CT molecular complexity index is 754. The smallest absolute Gasteiger partial charge is 0.342 e. The number of hydrogen-bond acceptors (Lipinski definition) is 7. The van der Waals surface area contributed by atoms with Gasteiger partial charge in [-0.1, -0.05) is 0 Å². The highest BCUT2D eigenvalue weighted by molar-refractivity contribution is 5.90. The first kappa shape index (κ1) is 13.2. The van der Waals surface area contributed by atoms with Crippen LogP contribution in [0.2, 0.25) is 0 Å². The predicted octanol–water partition coefficient (Wildman–Crippen LogP) is 2.90. The van der Waals surface area contributed by atoms with E-state index in [1.165, 1.54) is 6.26 Å². The summed E-state index contributed by atoms with van der Waals surface area (Å²) in [5.74, 6) is 1.55. The summed E-state index contributed by atoms with van der Waals surface area (Å²) in [7, 11) is 0. The van der Waals surface area contributed by atoms with E-state index in [-0.39, 0.29) is 18.4 Å². The number of furan rings is 2. The molecule has 0 fully saturated rings. The average Bonchev–Trinajstić information content (AvgIpc) is 3.15. The molecule has 108 valence electrons. The van der Waals surface area contributed by atoms with Crippen molar-refractivity contribution < 1.29 is 22.8 Å². The molecule has 7 nitrogen and oxygen atoms in total. The van der Waals surface area contributed by atoms with E-state index in [9.17, 15) is 4.79 Å². The zero-order valence-corrected chi connectivity index (χ0v) is 11.5. The maximum Gasteiger partial charge on any atom is 0.342 e. The van der Waals surface area contributed by atoms with Crippen LogP contribution in [0.3, 0.4) is 0 Å². The molecule has 3 rings (SSSR count). The van der Waals surface area contributed by atoms with Gasteiger partial charge in [0.05, 0.1) is 6.26 Å².